The minimum Gasteiger partial charge on any atom is -0.493 e. The number of hydrogen-bond donors (Lipinski definition) is 0. The van der Waals surface area contributed by atoms with Gasteiger partial charge in [-0.2, -0.15) is 0 Å². The highest BCUT2D eigenvalue weighted by atomic mass is 16.5. The summed E-state index contributed by atoms with van der Waals surface area (Å²) in [4.78, 5) is 31.3. The van der Waals surface area contributed by atoms with Gasteiger partial charge >= 0.3 is 0 Å². The molecule has 7 nitrogen and oxygen atoms in total. The molecule has 180 valence electrons. The molecule has 2 heterocycles. The zero-order valence-electron chi connectivity index (χ0n) is 20.6. The van der Waals surface area contributed by atoms with Gasteiger partial charge in [0.15, 0.2) is 23.0 Å². The Morgan fingerprint density at radius 3 is 2.42 bits per heavy atom. The first-order valence-electron chi connectivity index (χ1n) is 11.9. The van der Waals surface area contributed by atoms with Crippen LogP contribution >= 0.6 is 0 Å². The second-order valence-electron chi connectivity index (χ2n) is 9.97. The topological polar surface area (TPSA) is 68.3 Å². The van der Waals surface area contributed by atoms with Gasteiger partial charge in [-0.3, -0.25) is 9.59 Å². The van der Waals surface area contributed by atoms with Gasteiger partial charge < -0.3 is 24.0 Å². The van der Waals surface area contributed by atoms with E-state index < -0.39 is 6.04 Å². The van der Waals surface area contributed by atoms with E-state index in [1.807, 2.05) is 32.3 Å². The van der Waals surface area contributed by atoms with Crippen molar-refractivity contribution in [1.29, 1.82) is 0 Å². The molecule has 1 fully saturated rings. The molecule has 1 saturated carbocycles. The Balaban J connectivity index is 1.74. The van der Waals surface area contributed by atoms with Crippen LogP contribution in [0.15, 0.2) is 29.5 Å². The molecule has 0 N–H and O–H groups in total. The quantitative estimate of drug-likeness (QED) is 0.626. The van der Waals surface area contributed by atoms with Crippen molar-refractivity contribution < 1.29 is 23.8 Å². The third kappa shape index (κ3) is 4.23. The first-order valence-corrected chi connectivity index (χ1v) is 11.9. The van der Waals surface area contributed by atoms with Crippen LogP contribution in [-0.2, 0) is 14.3 Å². The number of methoxy groups -OCH3 is 2. The smallest absolute Gasteiger partial charge is 0.290 e. The summed E-state index contributed by atoms with van der Waals surface area (Å²) < 4.78 is 17.2. The zero-order valence-corrected chi connectivity index (χ0v) is 20.6. The number of carbonyl (C=O) groups excluding carboxylic acids is 2. The van der Waals surface area contributed by atoms with Gasteiger partial charge in [-0.05, 0) is 69.4 Å². The number of ketones is 1. The first-order chi connectivity index (χ1) is 15.8. The maximum absolute atomic E-state index is 13.8. The Kier molecular flexibility index (Phi) is 6.71. The molecule has 4 rings (SSSR count). The number of carbonyl (C=O) groups is 2. The zero-order chi connectivity index (χ0) is 23.9. The van der Waals surface area contributed by atoms with E-state index in [-0.39, 0.29) is 29.5 Å². The minimum atomic E-state index is -0.474. The van der Waals surface area contributed by atoms with Crippen LogP contribution in [0, 0.1) is 17.8 Å². The molecular formula is C26H36N2O5. The molecule has 5 unspecified atom stereocenters. The molecule has 1 aliphatic carbocycles. The van der Waals surface area contributed by atoms with E-state index in [0.29, 0.717) is 35.5 Å². The van der Waals surface area contributed by atoms with Gasteiger partial charge in [0.2, 0.25) is 0 Å². The molecule has 7 heteroatoms. The van der Waals surface area contributed by atoms with Crippen molar-refractivity contribution in [2.75, 3.05) is 41.4 Å². The van der Waals surface area contributed by atoms with Crippen LogP contribution in [0.2, 0.25) is 0 Å². The number of fused-ring (bicyclic) bond motifs is 1. The highest BCUT2D eigenvalue weighted by molar-refractivity contribution is 6.11. The molecule has 0 spiro atoms. The van der Waals surface area contributed by atoms with Gasteiger partial charge in [0.05, 0.1) is 31.8 Å². The lowest BCUT2D eigenvalue weighted by Crippen LogP contribution is -2.43. The fraction of sp³-hybridized carbons (Fsp3) is 0.615. The van der Waals surface area contributed by atoms with Gasteiger partial charge in [0.1, 0.15) is 6.10 Å². The van der Waals surface area contributed by atoms with Gasteiger partial charge in [0.25, 0.3) is 5.91 Å². The molecular weight excluding hydrogens is 420 g/mol. The van der Waals surface area contributed by atoms with Crippen LogP contribution < -0.4 is 9.47 Å². The lowest BCUT2D eigenvalue weighted by atomic mass is 9.70. The summed E-state index contributed by atoms with van der Waals surface area (Å²) in [6.45, 7) is 5.80. The number of Topliss-reactive ketones (excluding diaryl/α,β-unsaturated/α-hetero) is 1. The molecule has 0 saturated heterocycles. The molecule has 5 atom stereocenters. The maximum Gasteiger partial charge on any atom is 0.290 e. The number of nitrogens with zero attached hydrogens (tertiary/aromatic N) is 2. The average molecular weight is 457 g/mol. The Bertz CT molecular complexity index is 956. The number of benzene rings is 1. The van der Waals surface area contributed by atoms with E-state index in [1.165, 1.54) is 0 Å². The van der Waals surface area contributed by atoms with E-state index in [4.69, 9.17) is 14.2 Å². The summed E-state index contributed by atoms with van der Waals surface area (Å²) >= 11 is 0. The summed E-state index contributed by atoms with van der Waals surface area (Å²) in [5.74, 6) is 2.07. The fourth-order valence-electron chi connectivity index (χ4n) is 5.47. The van der Waals surface area contributed by atoms with E-state index in [0.717, 1.165) is 31.4 Å². The molecule has 0 radical (unpaired) electrons. The van der Waals surface area contributed by atoms with Gasteiger partial charge in [0, 0.05) is 6.54 Å². The lowest BCUT2D eigenvalue weighted by molar-refractivity contribution is -0.137. The monoisotopic (exact) mass is 456 g/mol. The highest BCUT2D eigenvalue weighted by Gasteiger charge is 2.53. The van der Waals surface area contributed by atoms with E-state index in [2.05, 4.69) is 18.7 Å². The Morgan fingerprint density at radius 2 is 1.76 bits per heavy atom. The minimum absolute atomic E-state index is 0.0724. The lowest BCUT2D eigenvalue weighted by Gasteiger charge is -2.40. The molecule has 33 heavy (non-hydrogen) atoms. The third-order valence-corrected chi connectivity index (χ3v) is 7.53. The molecule has 1 amide bonds. The number of amides is 1. The van der Waals surface area contributed by atoms with Crippen LogP contribution in [0.4, 0.5) is 0 Å². The number of rotatable bonds is 7. The Morgan fingerprint density at radius 1 is 1.06 bits per heavy atom. The van der Waals surface area contributed by atoms with E-state index >= 15 is 0 Å². The molecule has 0 aromatic heterocycles. The third-order valence-electron chi connectivity index (χ3n) is 7.53. The van der Waals surface area contributed by atoms with Crippen LogP contribution in [0.25, 0.3) is 0 Å². The van der Waals surface area contributed by atoms with Crippen molar-refractivity contribution in [1.82, 2.24) is 9.80 Å². The Hall–Kier alpha value is -2.54. The molecule has 1 aromatic rings. The number of ether oxygens (including phenoxy) is 3. The van der Waals surface area contributed by atoms with Gasteiger partial charge in [-0.25, -0.2) is 0 Å². The van der Waals surface area contributed by atoms with E-state index in [9.17, 15) is 9.59 Å². The summed E-state index contributed by atoms with van der Waals surface area (Å²) in [6.07, 6.45) is 2.20. The first kappa shape index (κ1) is 23.6. The van der Waals surface area contributed by atoms with Gasteiger partial charge in [-0.1, -0.05) is 19.9 Å². The SMILES string of the molecule is COc1ccc(C2C3=C(OC4CC(C)C(C)CC4C3=O)C(=O)N2CCCN(C)C)cc1OC. The van der Waals surface area contributed by atoms with Crippen molar-refractivity contribution >= 4 is 11.7 Å². The molecule has 2 aliphatic heterocycles. The van der Waals surface area contributed by atoms with Crippen molar-refractivity contribution in [2.45, 2.75) is 45.3 Å². The van der Waals surface area contributed by atoms with Crippen molar-refractivity contribution in [3.8, 4) is 11.5 Å². The normalized spacial score (nSPS) is 29.2. The maximum atomic E-state index is 13.8. The van der Waals surface area contributed by atoms with Crippen molar-refractivity contribution in [3.63, 3.8) is 0 Å². The summed E-state index contributed by atoms with van der Waals surface area (Å²) in [5, 5.41) is 0. The Labute approximate surface area is 196 Å². The van der Waals surface area contributed by atoms with Crippen LogP contribution in [0.3, 0.4) is 0 Å². The largest absolute Gasteiger partial charge is 0.493 e. The predicted octanol–water partition coefficient (Wildman–Crippen LogP) is 3.44. The van der Waals surface area contributed by atoms with Crippen LogP contribution in [0.1, 0.15) is 44.7 Å². The second kappa shape index (κ2) is 9.37. The van der Waals surface area contributed by atoms with E-state index in [1.54, 1.807) is 19.1 Å². The van der Waals surface area contributed by atoms with Crippen molar-refractivity contribution in [2.24, 2.45) is 17.8 Å². The average Bonchev–Trinajstić information content (AvgIpc) is 3.06. The summed E-state index contributed by atoms with van der Waals surface area (Å²) in [7, 11) is 7.21. The molecule has 0 bridgehead atoms. The van der Waals surface area contributed by atoms with Gasteiger partial charge in [-0.15, -0.1) is 0 Å². The summed E-state index contributed by atoms with van der Waals surface area (Å²) in [6, 6.07) is 5.14. The second-order valence-corrected chi connectivity index (χ2v) is 9.97. The highest BCUT2D eigenvalue weighted by Crippen LogP contribution is 2.49. The number of hydrogen-bond acceptors (Lipinski definition) is 6. The predicted molar refractivity (Wildman–Crippen MR) is 125 cm³/mol. The molecule has 1 aromatic carbocycles. The fourth-order valence-corrected chi connectivity index (χ4v) is 5.47. The standard InChI is InChI=1S/C26H36N2O5/c1-15-12-18-20(13-16(15)2)33-25-22(24(18)29)23(28(26(25)30)11-7-10-27(3)4)17-8-9-19(31-5)21(14-17)32-6/h8-9,14-16,18,20,23H,7,10-13H2,1-6H3. The molecule has 3 aliphatic rings. The van der Waals surface area contributed by atoms with Crippen molar-refractivity contribution in [3.05, 3.63) is 35.1 Å². The van der Waals surface area contributed by atoms with Crippen LogP contribution in [-0.4, -0.2) is 69.0 Å². The summed E-state index contributed by atoms with van der Waals surface area (Å²) in [5.41, 5.74) is 1.35. The van der Waals surface area contributed by atoms with Crippen LogP contribution in [0.5, 0.6) is 11.5 Å².